The third kappa shape index (κ3) is 3.93. The van der Waals surface area contributed by atoms with Crippen LogP contribution in [0, 0.1) is 11.3 Å². The molecule has 2 aliphatic rings. The van der Waals surface area contributed by atoms with Crippen LogP contribution < -0.4 is 9.62 Å². The minimum atomic E-state index is -2.71. The van der Waals surface area contributed by atoms with Gasteiger partial charge >= 0.3 is 0 Å². The number of nitrogens with zero attached hydrogens (tertiary/aromatic N) is 7. The minimum absolute atomic E-state index is 0.214. The van der Waals surface area contributed by atoms with Crippen LogP contribution in [0.5, 0.6) is 0 Å². The Morgan fingerprint density at radius 1 is 1.25 bits per heavy atom. The summed E-state index contributed by atoms with van der Waals surface area (Å²) in [7, 11) is 2.06. The van der Waals surface area contributed by atoms with Crippen molar-refractivity contribution in [2.24, 2.45) is 0 Å². The van der Waals surface area contributed by atoms with Gasteiger partial charge in [-0.1, -0.05) is 11.3 Å². The zero-order valence-electron chi connectivity index (χ0n) is 17.2. The van der Waals surface area contributed by atoms with Gasteiger partial charge in [0.15, 0.2) is 9.90 Å². The highest BCUT2D eigenvalue weighted by atomic mass is 32.2. The standard InChI is InChI=1S/C19H20F2N8OS2/c1-27-4-6-28(7-5-27)14-8-12(32(30)26-19(11-22)2-3-19)9-15-13(14)10-23-29(15)18-25-24-17(31-18)16(20)21/h8-10,16,26H,2-7H2,1H3. The van der Waals surface area contributed by atoms with E-state index in [1.807, 2.05) is 6.07 Å². The van der Waals surface area contributed by atoms with Crippen molar-refractivity contribution >= 4 is 39.3 Å². The van der Waals surface area contributed by atoms with Gasteiger partial charge in [0.05, 0.1) is 34.8 Å². The van der Waals surface area contributed by atoms with Crippen LogP contribution in [0.15, 0.2) is 23.2 Å². The summed E-state index contributed by atoms with van der Waals surface area (Å²) < 4.78 is 43.6. The van der Waals surface area contributed by atoms with Crippen LogP contribution in [-0.4, -0.2) is 68.2 Å². The molecule has 1 N–H and O–H groups in total. The quantitative estimate of drug-likeness (QED) is 0.538. The van der Waals surface area contributed by atoms with Crippen molar-refractivity contribution in [1.82, 2.24) is 29.6 Å². The van der Waals surface area contributed by atoms with E-state index in [1.54, 1.807) is 12.3 Å². The van der Waals surface area contributed by atoms with Crippen molar-refractivity contribution < 1.29 is 13.3 Å². The second-order valence-corrected chi connectivity index (χ2v) is 10.2. The molecule has 1 aliphatic carbocycles. The minimum Gasteiger partial charge on any atom is -0.593 e. The first-order chi connectivity index (χ1) is 15.4. The predicted molar refractivity (Wildman–Crippen MR) is 116 cm³/mol. The molecular weight excluding hydrogens is 458 g/mol. The molecule has 1 unspecified atom stereocenters. The van der Waals surface area contributed by atoms with Crippen LogP contribution in [0.2, 0.25) is 0 Å². The fraction of sp³-hybridized carbons (Fsp3) is 0.474. The Labute approximate surface area is 189 Å². The Balaban J connectivity index is 1.59. The first-order valence-corrected chi connectivity index (χ1v) is 12.0. The molecule has 1 atom stereocenters. The van der Waals surface area contributed by atoms with E-state index in [2.05, 4.69) is 42.9 Å². The summed E-state index contributed by atoms with van der Waals surface area (Å²) in [5.74, 6) is 0. The number of fused-ring (bicyclic) bond motifs is 1. The molecule has 5 rings (SSSR count). The van der Waals surface area contributed by atoms with E-state index in [1.165, 1.54) is 4.68 Å². The SMILES string of the molecule is CN1CCN(c2cc([S+]([O-])NC3(C#N)CC3)cc3c2cnn3-c2nnc(C(F)F)s2)CC1. The van der Waals surface area contributed by atoms with Crippen molar-refractivity contribution in [2.75, 3.05) is 38.1 Å². The van der Waals surface area contributed by atoms with Gasteiger partial charge in [0.2, 0.25) is 5.13 Å². The fourth-order valence-electron chi connectivity index (χ4n) is 3.65. The van der Waals surface area contributed by atoms with Crippen LogP contribution >= 0.6 is 11.3 Å². The molecule has 1 saturated carbocycles. The second-order valence-electron chi connectivity index (χ2n) is 8.01. The molecule has 13 heteroatoms. The lowest BCUT2D eigenvalue weighted by Crippen LogP contribution is -2.44. The van der Waals surface area contributed by atoms with Crippen molar-refractivity contribution in [1.29, 1.82) is 5.26 Å². The lowest BCUT2D eigenvalue weighted by Gasteiger charge is -2.34. The van der Waals surface area contributed by atoms with E-state index in [4.69, 9.17) is 0 Å². The number of halogens is 2. The van der Waals surface area contributed by atoms with Gasteiger partial charge in [-0.3, -0.25) is 0 Å². The summed E-state index contributed by atoms with van der Waals surface area (Å²) in [6.45, 7) is 3.34. The maximum atomic E-state index is 13.1. The summed E-state index contributed by atoms with van der Waals surface area (Å²) in [6.07, 6.45) is 0.269. The molecule has 3 heterocycles. The highest BCUT2D eigenvalue weighted by Crippen LogP contribution is 2.38. The second kappa shape index (κ2) is 8.20. The van der Waals surface area contributed by atoms with Gasteiger partial charge in [0, 0.05) is 43.7 Å². The van der Waals surface area contributed by atoms with Crippen LogP contribution in [0.1, 0.15) is 24.3 Å². The number of nitriles is 1. The van der Waals surface area contributed by atoms with Gasteiger partial charge in [-0.2, -0.15) is 10.4 Å². The van der Waals surface area contributed by atoms with Crippen molar-refractivity contribution in [3.05, 3.63) is 23.3 Å². The summed E-state index contributed by atoms with van der Waals surface area (Å²) in [5.41, 5.74) is 0.720. The molecule has 168 valence electrons. The average molecular weight is 479 g/mol. The monoisotopic (exact) mass is 478 g/mol. The topological polar surface area (TPSA) is 109 Å². The number of rotatable bonds is 6. The predicted octanol–water partition coefficient (Wildman–Crippen LogP) is 2.23. The Kier molecular flexibility index (Phi) is 5.50. The first kappa shape index (κ1) is 21.5. The fourth-order valence-corrected chi connectivity index (χ4v) is 5.48. The summed E-state index contributed by atoms with van der Waals surface area (Å²) >= 11 is -0.856. The van der Waals surface area contributed by atoms with Crippen LogP contribution in [0.4, 0.5) is 14.5 Å². The smallest absolute Gasteiger partial charge is 0.291 e. The highest BCUT2D eigenvalue weighted by molar-refractivity contribution is 7.89. The van der Waals surface area contributed by atoms with E-state index in [0.717, 1.165) is 48.6 Å². The third-order valence-corrected chi connectivity index (χ3v) is 7.89. The summed E-state index contributed by atoms with van der Waals surface area (Å²) in [5, 5.41) is 21.8. The molecule has 32 heavy (non-hydrogen) atoms. The van der Waals surface area contributed by atoms with E-state index in [0.29, 0.717) is 23.3 Å². The van der Waals surface area contributed by atoms with E-state index < -0.39 is 23.3 Å². The molecule has 1 aliphatic heterocycles. The molecule has 0 amide bonds. The third-order valence-electron chi connectivity index (χ3n) is 5.75. The maximum Gasteiger partial charge on any atom is 0.291 e. The molecule has 3 aromatic rings. The number of hydrogen-bond acceptors (Lipinski definition) is 9. The van der Waals surface area contributed by atoms with Gasteiger partial charge in [0.1, 0.15) is 5.54 Å². The highest BCUT2D eigenvalue weighted by Gasteiger charge is 2.48. The number of aromatic nitrogens is 4. The number of anilines is 1. The molecule has 0 spiro atoms. The first-order valence-electron chi connectivity index (χ1n) is 10.1. The Morgan fingerprint density at radius 2 is 2.00 bits per heavy atom. The lowest BCUT2D eigenvalue weighted by molar-refractivity contribution is 0.150. The maximum absolute atomic E-state index is 13.1. The molecule has 1 saturated heterocycles. The molecular formula is C19H20F2N8OS2. The zero-order chi connectivity index (χ0) is 22.5. The van der Waals surface area contributed by atoms with Gasteiger partial charge in [-0.15, -0.1) is 14.9 Å². The number of hydrogen-bond donors (Lipinski definition) is 1. The Morgan fingerprint density at radius 3 is 2.62 bits per heavy atom. The summed E-state index contributed by atoms with van der Waals surface area (Å²) in [4.78, 5) is 4.93. The van der Waals surface area contributed by atoms with Gasteiger partial charge in [-0.25, -0.2) is 13.5 Å². The van der Waals surface area contributed by atoms with E-state index >= 15 is 0 Å². The molecule has 9 nitrogen and oxygen atoms in total. The largest absolute Gasteiger partial charge is 0.593 e. The van der Waals surface area contributed by atoms with Crippen LogP contribution in [-0.2, 0) is 11.4 Å². The van der Waals surface area contributed by atoms with Gasteiger partial charge in [-0.05, 0) is 19.9 Å². The Bertz CT molecular complexity index is 1180. The molecule has 2 aromatic heterocycles. The van der Waals surface area contributed by atoms with Gasteiger partial charge in [0.25, 0.3) is 6.43 Å². The Hall–Kier alpha value is -2.37. The molecule has 0 bridgehead atoms. The number of piperazine rings is 1. The van der Waals surface area contributed by atoms with Gasteiger partial charge < -0.3 is 14.4 Å². The number of alkyl halides is 2. The number of nitrogens with one attached hydrogen (secondary N) is 1. The van der Waals surface area contributed by atoms with E-state index in [9.17, 15) is 18.6 Å². The zero-order valence-corrected chi connectivity index (χ0v) is 18.8. The molecule has 2 fully saturated rings. The van der Waals surface area contributed by atoms with Crippen LogP contribution in [0.3, 0.4) is 0 Å². The van der Waals surface area contributed by atoms with Crippen molar-refractivity contribution in [2.45, 2.75) is 29.7 Å². The number of benzene rings is 1. The van der Waals surface area contributed by atoms with Crippen molar-refractivity contribution in [3.63, 3.8) is 0 Å². The van der Waals surface area contributed by atoms with Crippen LogP contribution in [0.25, 0.3) is 16.0 Å². The lowest BCUT2D eigenvalue weighted by atomic mass is 10.2. The molecule has 0 radical (unpaired) electrons. The van der Waals surface area contributed by atoms with Crippen molar-refractivity contribution in [3.8, 4) is 11.2 Å². The number of likely N-dealkylation sites (N-methyl/N-ethyl adjacent to an activating group) is 1. The average Bonchev–Trinajstić information content (AvgIpc) is 3.19. The van der Waals surface area contributed by atoms with E-state index in [-0.39, 0.29) is 10.1 Å². The normalized spacial score (nSPS) is 19.4. The molecule has 1 aromatic carbocycles. The summed E-state index contributed by atoms with van der Waals surface area (Å²) in [6, 6.07) is 5.77.